The van der Waals surface area contributed by atoms with Crippen LogP contribution in [0, 0.1) is 13.8 Å². The number of thiophene rings is 1. The molecular weight excluding hydrogens is 284 g/mol. The van der Waals surface area contributed by atoms with Gasteiger partial charge in [0.25, 0.3) is 5.91 Å². The summed E-state index contributed by atoms with van der Waals surface area (Å²) in [5, 5.41) is 2.90. The topological polar surface area (TPSA) is 55.1 Å². The molecule has 1 aliphatic carbocycles. The molecule has 0 bridgehead atoms. The fraction of sp³-hybridized carbons (Fsp3) is 0.500. The number of carbonyl (C=O) groups is 1. The lowest BCUT2D eigenvalue weighted by atomic mass is 10.1. The molecule has 0 fully saturated rings. The van der Waals surface area contributed by atoms with Crippen LogP contribution < -0.4 is 5.32 Å². The number of nitrogens with one attached hydrogen (secondary N) is 1. The Morgan fingerprint density at radius 1 is 1.33 bits per heavy atom. The molecule has 0 atom stereocenters. The summed E-state index contributed by atoms with van der Waals surface area (Å²) >= 11 is 1.64. The number of fused-ring (bicyclic) bond motifs is 1. The highest BCUT2D eigenvalue weighted by molar-refractivity contribution is 7.14. The van der Waals surface area contributed by atoms with Crippen LogP contribution in [-0.2, 0) is 19.4 Å². The van der Waals surface area contributed by atoms with Gasteiger partial charge in [-0.3, -0.25) is 4.79 Å². The van der Waals surface area contributed by atoms with E-state index in [2.05, 4.69) is 16.4 Å². The van der Waals surface area contributed by atoms with Crippen molar-refractivity contribution in [1.82, 2.24) is 10.3 Å². The van der Waals surface area contributed by atoms with Gasteiger partial charge in [-0.2, -0.15) is 0 Å². The first-order valence-corrected chi connectivity index (χ1v) is 8.28. The van der Waals surface area contributed by atoms with Crippen molar-refractivity contribution in [1.29, 1.82) is 0 Å². The largest absolute Gasteiger partial charge is 0.444 e. The molecule has 3 rings (SSSR count). The van der Waals surface area contributed by atoms with Gasteiger partial charge < -0.3 is 9.73 Å². The van der Waals surface area contributed by atoms with Gasteiger partial charge in [-0.15, -0.1) is 11.3 Å². The molecular formula is C16H20N2O2S. The molecule has 112 valence electrons. The van der Waals surface area contributed by atoms with Crippen molar-refractivity contribution in [3.63, 3.8) is 0 Å². The number of nitrogens with zero attached hydrogens (tertiary/aromatic N) is 1. The molecule has 0 saturated heterocycles. The number of carbonyl (C=O) groups excluding carboxylic acids is 1. The molecule has 0 unspecified atom stereocenters. The molecule has 0 radical (unpaired) electrons. The van der Waals surface area contributed by atoms with E-state index in [0.717, 1.165) is 29.2 Å². The van der Waals surface area contributed by atoms with Crippen LogP contribution in [0.1, 0.15) is 56.7 Å². The van der Waals surface area contributed by atoms with Crippen LogP contribution in [0.15, 0.2) is 10.5 Å². The number of oxazole rings is 1. The van der Waals surface area contributed by atoms with E-state index < -0.39 is 0 Å². The maximum Gasteiger partial charge on any atom is 0.261 e. The Hall–Kier alpha value is -1.62. The highest BCUT2D eigenvalue weighted by atomic mass is 32.1. The zero-order valence-electron chi connectivity index (χ0n) is 12.5. The lowest BCUT2D eigenvalue weighted by Crippen LogP contribution is -2.22. The van der Waals surface area contributed by atoms with Crippen molar-refractivity contribution in [3.05, 3.63) is 38.7 Å². The predicted molar refractivity (Wildman–Crippen MR) is 82.7 cm³/mol. The zero-order chi connectivity index (χ0) is 14.8. The Bertz CT molecular complexity index is 614. The Kier molecular flexibility index (Phi) is 4.10. The van der Waals surface area contributed by atoms with E-state index in [1.807, 2.05) is 13.8 Å². The van der Waals surface area contributed by atoms with Gasteiger partial charge in [0.05, 0.1) is 17.1 Å². The summed E-state index contributed by atoms with van der Waals surface area (Å²) in [6.07, 6.45) is 6.00. The molecule has 1 N–H and O–H groups in total. The van der Waals surface area contributed by atoms with Gasteiger partial charge in [0.2, 0.25) is 5.89 Å². The van der Waals surface area contributed by atoms with Crippen LogP contribution in [0.4, 0.5) is 0 Å². The Labute approximate surface area is 128 Å². The first-order valence-electron chi connectivity index (χ1n) is 7.46. The van der Waals surface area contributed by atoms with Crippen LogP contribution in [0.2, 0.25) is 0 Å². The van der Waals surface area contributed by atoms with E-state index in [4.69, 9.17) is 4.42 Å². The van der Waals surface area contributed by atoms with E-state index in [-0.39, 0.29) is 5.91 Å². The van der Waals surface area contributed by atoms with Crippen LogP contribution in [0.3, 0.4) is 0 Å². The fourth-order valence-electron chi connectivity index (χ4n) is 2.64. The molecule has 21 heavy (non-hydrogen) atoms. The molecule has 2 heterocycles. The third-order valence-electron chi connectivity index (χ3n) is 3.94. The van der Waals surface area contributed by atoms with Gasteiger partial charge in [-0.05, 0) is 51.2 Å². The summed E-state index contributed by atoms with van der Waals surface area (Å²) in [5.74, 6) is 1.35. The normalized spacial score (nSPS) is 14.6. The molecule has 1 amide bonds. The van der Waals surface area contributed by atoms with Crippen molar-refractivity contribution in [2.24, 2.45) is 0 Å². The minimum absolute atomic E-state index is 0.0263. The Morgan fingerprint density at radius 2 is 2.14 bits per heavy atom. The zero-order valence-corrected chi connectivity index (χ0v) is 13.3. The SMILES string of the molecule is Cc1nc(CNC(=O)c2cc3c(s2)CCCCC3)oc1C. The van der Waals surface area contributed by atoms with Gasteiger partial charge in [0.1, 0.15) is 5.76 Å². The van der Waals surface area contributed by atoms with Crippen molar-refractivity contribution in [2.45, 2.75) is 52.5 Å². The third-order valence-corrected chi connectivity index (χ3v) is 5.18. The maximum atomic E-state index is 12.2. The van der Waals surface area contributed by atoms with Gasteiger partial charge in [-0.1, -0.05) is 6.42 Å². The molecule has 0 aliphatic heterocycles. The molecule has 4 nitrogen and oxygen atoms in total. The van der Waals surface area contributed by atoms with E-state index in [1.54, 1.807) is 11.3 Å². The summed E-state index contributed by atoms with van der Waals surface area (Å²) in [4.78, 5) is 18.7. The summed E-state index contributed by atoms with van der Waals surface area (Å²) in [5.41, 5.74) is 2.24. The highest BCUT2D eigenvalue weighted by Gasteiger charge is 2.17. The van der Waals surface area contributed by atoms with Gasteiger partial charge in [-0.25, -0.2) is 4.98 Å². The van der Waals surface area contributed by atoms with Crippen molar-refractivity contribution in [2.75, 3.05) is 0 Å². The van der Waals surface area contributed by atoms with Crippen LogP contribution in [0.25, 0.3) is 0 Å². The molecule has 1 aliphatic rings. The third kappa shape index (κ3) is 3.18. The van der Waals surface area contributed by atoms with Gasteiger partial charge >= 0.3 is 0 Å². The standard InChI is InChI=1S/C16H20N2O2S/c1-10-11(2)20-15(18-10)9-17-16(19)14-8-12-6-4-3-5-7-13(12)21-14/h8H,3-7,9H2,1-2H3,(H,17,19). The summed E-state index contributed by atoms with van der Waals surface area (Å²) in [6.45, 7) is 4.13. The average molecular weight is 304 g/mol. The van der Waals surface area contributed by atoms with E-state index in [1.165, 1.54) is 29.7 Å². The number of aromatic nitrogens is 1. The lowest BCUT2D eigenvalue weighted by Gasteiger charge is -2.00. The number of hydrogen-bond donors (Lipinski definition) is 1. The second-order valence-corrected chi connectivity index (χ2v) is 6.69. The quantitative estimate of drug-likeness (QED) is 0.882. The predicted octanol–water partition coefficient (Wildman–Crippen LogP) is 3.55. The van der Waals surface area contributed by atoms with Crippen LogP contribution in [-0.4, -0.2) is 10.9 Å². The monoisotopic (exact) mass is 304 g/mol. The summed E-state index contributed by atoms with van der Waals surface area (Å²) in [7, 11) is 0. The molecule has 0 spiro atoms. The average Bonchev–Trinajstić information content (AvgIpc) is 2.93. The smallest absolute Gasteiger partial charge is 0.261 e. The lowest BCUT2D eigenvalue weighted by molar-refractivity contribution is 0.0951. The van der Waals surface area contributed by atoms with E-state index >= 15 is 0 Å². The van der Waals surface area contributed by atoms with Crippen molar-refractivity contribution < 1.29 is 9.21 Å². The number of amides is 1. The molecule has 0 saturated carbocycles. The minimum atomic E-state index is -0.0263. The number of rotatable bonds is 3. The second kappa shape index (κ2) is 6.02. The van der Waals surface area contributed by atoms with E-state index in [0.29, 0.717) is 12.4 Å². The van der Waals surface area contributed by atoms with Crippen LogP contribution >= 0.6 is 11.3 Å². The molecule has 2 aromatic heterocycles. The highest BCUT2D eigenvalue weighted by Crippen LogP contribution is 2.28. The number of hydrogen-bond acceptors (Lipinski definition) is 4. The summed E-state index contributed by atoms with van der Waals surface area (Å²) < 4.78 is 5.48. The maximum absolute atomic E-state index is 12.2. The Balaban J connectivity index is 1.65. The van der Waals surface area contributed by atoms with E-state index in [9.17, 15) is 4.79 Å². The second-order valence-electron chi connectivity index (χ2n) is 5.55. The first-order chi connectivity index (χ1) is 10.1. The molecule has 2 aromatic rings. The first kappa shape index (κ1) is 14.3. The van der Waals surface area contributed by atoms with Gasteiger partial charge in [0, 0.05) is 4.88 Å². The van der Waals surface area contributed by atoms with Gasteiger partial charge in [0.15, 0.2) is 0 Å². The Morgan fingerprint density at radius 3 is 2.90 bits per heavy atom. The van der Waals surface area contributed by atoms with Crippen molar-refractivity contribution in [3.8, 4) is 0 Å². The fourth-order valence-corrected chi connectivity index (χ4v) is 3.81. The molecule has 0 aromatic carbocycles. The summed E-state index contributed by atoms with van der Waals surface area (Å²) in [6, 6.07) is 2.06. The molecule has 5 heteroatoms. The van der Waals surface area contributed by atoms with Crippen LogP contribution in [0.5, 0.6) is 0 Å². The minimum Gasteiger partial charge on any atom is -0.444 e. The number of aryl methyl sites for hydroxylation is 4. The van der Waals surface area contributed by atoms with Crippen molar-refractivity contribution >= 4 is 17.2 Å².